The Kier molecular flexibility index (Phi) is 6.66. The number of benzene rings is 5. The van der Waals surface area contributed by atoms with Gasteiger partial charge in [-0.05, 0) is 60.7 Å². The van der Waals surface area contributed by atoms with Crippen LogP contribution in [0.15, 0.2) is 121 Å². The van der Waals surface area contributed by atoms with Gasteiger partial charge in [0.05, 0.1) is 32.5 Å². The zero-order valence-corrected chi connectivity index (χ0v) is 21.5. The molecule has 0 saturated heterocycles. The summed E-state index contributed by atoms with van der Waals surface area (Å²) in [7, 11) is -8.95. The number of rotatable bonds is 6. The molecule has 0 aliphatic rings. The van der Waals surface area contributed by atoms with Crippen molar-refractivity contribution in [2.75, 3.05) is 5.73 Å². The molecule has 0 fully saturated rings. The highest BCUT2D eigenvalue weighted by molar-refractivity contribution is 7.86. The normalized spacial score (nSPS) is 12.7. The van der Waals surface area contributed by atoms with E-state index in [0.29, 0.717) is 38.6 Å². The highest BCUT2D eigenvalue weighted by atomic mass is 32.2. The molecule has 0 amide bonds. The number of anilines is 1. The predicted molar refractivity (Wildman–Crippen MR) is 147 cm³/mol. The summed E-state index contributed by atoms with van der Waals surface area (Å²) in [6, 6.07) is 23.3. The topological polar surface area (TPSA) is 184 Å². The van der Waals surface area contributed by atoms with E-state index >= 15 is 0 Å². The van der Waals surface area contributed by atoms with Crippen molar-refractivity contribution in [2.24, 2.45) is 20.5 Å². The Hall–Kier alpha value is -4.56. The van der Waals surface area contributed by atoms with Crippen LogP contribution in [0.1, 0.15) is 0 Å². The van der Waals surface area contributed by atoms with E-state index in [1.54, 1.807) is 30.3 Å². The largest absolute Gasteiger partial charge is 0.398 e. The van der Waals surface area contributed by atoms with Crippen molar-refractivity contribution in [3.05, 3.63) is 91.0 Å². The van der Waals surface area contributed by atoms with E-state index in [1.807, 2.05) is 18.2 Å². The summed E-state index contributed by atoms with van der Waals surface area (Å²) in [5, 5.41) is 18.8. The van der Waals surface area contributed by atoms with Crippen molar-refractivity contribution in [3.8, 4) is 0 Å². The number of nitrogen functional groups attached to an aromatic ring is 1. The molecule has 0 aromatic heterocycles. The SMILES string of the molecule is Nc1ccc(N=Nc2ccc(N=Nc3ccccc3)c3ccc(S(=O)(=O)O)cc23)c2ccc(S(=O)(=O)O)cc12. The third-order valence-electron chi connectivity index (χ3n) is 5.83. The number of nitrogens with zero attached hydrogens (tertiary/aromatic N) is 4. The lowest BCUT2D eigenvalue weighted by atomic mass is 10.1. The fourth-order valence-corrected chi connectivity index (χ4v) is 4.94. The van der Waals surface area contributed by atoms with Crippen LogP contribution in [-0.2, 0) is 20.2 Å². The first-order chi connectivity index (χ1) is 18.5. The second kappa shape index (κ2) is 9.96. The summed E-state index contributed by atoms with van der Waals surface area (Å²) in [5.41, 5.74) is 7.95. The van der Waals surface area contributed by atoms with E-state index in [-0.39, 0.29) is 21.2 Å². The summed E-state index contributed by atoms with van der Waals surface area (Å²) in [4.78, 5) is -0.654. The predicted octanol–water partition coefficient (Wildman–Crippen LogP) is 6.90. The van der Waals surface area contributed by atoms with Gasteiger partial charge in [-0.1, -0.05) is 30.3 Å². The van der Waals surface area contributed by atoms with E-state index in [0.717, 1.165) is 0 Å². The molecule has 4 N–H and O–H groups in total. The van der Waals surface area contributed by atoms with E-state index in [2.05, 4.69) is 20.5 Å². The van der Waals surface area contributed by atoms with Gasteiger partial charge in [-0.25, -0.2) is 0 Å². The van der Waals surface area contributed by atoms with Gasteiger partial charge in [-0.15, -0.1) is 15.3 Å². The van der Waals surface area contributed by atoms with Crippen molar-refractivity contribution in [3.63, 3.8) is 0 Å². The Labute approximate surface area is 222 Å². The molecule has 0 aliphatic carbocycles. The van der Waals surface area contributed by atoms with Gasteiger partial charge in [0.2, 0.25) is 0 Å². The summed E-state index contributed by atoms with van der Waals surface area (Å²) in [6.07, 6.45) is 0. The second-order valence-electron chi connectivity index (χ2n) is 8.38. The van der Waals surface area contributed by atoms with Crippen LogP contribution in [0.25, 0.3) is 21.5 Å². The maximum absolute atomic E-state index is 11.8. The zero-order valence-electron chi connectivity index (χ0n) is 19.9. The fraction of sp³-hybridized carbons (Fsp3) is 0. The molecule has 39 heavy (non-hydrogen) atoms. The first kappa shape index (κ1) is 26.1. The maximum Gasteiger partial charge on any atom is 0.294 e. The molecule has 0 heterocycles. The van der Waals surface area contributed by atoms with Crippen LogP contribution in [0.4, 0.5) is 28.4 Å². The monoisotopic (exact) mass is 561 g/mol. The molecular weight excluding hydrogens is 542 g/mol. The average Bonchev–Trinajstić information content (AvgIpc) is 2.91. The van der Waals surface area contributed by atoms with Gasteiger partial charge in [0.1, 0.15) is 0 Å². The first-order valence-corrected chi connectivity index (χ1v) is 14.1. The summed E-state index contributed by atoms with van der Waals surface area (Å²) in [5.74, 6) is 0. The van der Waals surface area contributed by atoms with Crippen molar-refractivity contribution >= 4 is 70.2 Å². The lowest BCUT2D eigenvalue weighted by Crippen LogP contribution is -1.98. The summed E-state index contributed by atoms with van der Waals surface area (Å²) in [6.45, 7) is 0. The standard InChI is InChI=1S/C26H19N5O6S2/c27-23-10-11-24(19-8-6-17(14-21(19)23)38(32,33)34)30-31-26-13-12-25(29-28-16-4-2-1-3-5-16)20-9-7-18(15-22(20)26)39(35,36)37/h1-15H,27H2,(H,32,33,34)(H,35,36,37). The fourth-order valence-electron chi connectivity index (χ4n) is 3.93. The van der Waals surface area contributed by atoms with E-state index in [4.69, 9.17) is 5.73 Å². The second-order valence-corrected chi connectivity index (χ2v) is 11.2. The molecule has 0 saturated carbocycles. The van der Waals surface area contributed by atoms with Crippen LogP contribution in [0.5, 0.6) is 0 Å². The lowest BCUT2D eigenvalue weighted by Gasteiger charge is -2.08. The molecule has 13 heteroatoms. The van der Waals surface area contributed by atoms with E-state index in [9.17, 15) is 25.9 Å². The molecule has 5 rings (SSSR count). The third-order valence-corrected chi connectivity index (χ3v) is 7.53. The van der Waals surface area contributed by atoms with Crippen molar-refractivity contribution in [1.82, 2.24) is 0 Å². The Morgan fingerprint density at radius 1 is 0.513 bits per heavy atom. The molecule has 0 unspecified atom stereocenters. The molecule has 0 spiro atoms. The van der Waals surface area contributed by atoms with E-state index < -0.39 is 20.2 Å². The lowest BCUT2D eigenvalue weighted by molar-refractivity contribution is 0.481. The summed E-state index contributed by atoms with van der Waals surface area (Å²) >= 11 is 0. The number of nitrogens with two attached hydrogens (primary N) is 1. The van der Waals surface area contributed by atoms with Crippen LogP contribution >= 0.6 is 0 Å². The minimum absolute atomic E-state index is 0.269. The van der Waals surface area contributed by atoms with Crippen molar-refractivity contribution in [2.45, 2.75) is 9.79 Å². The van der Waals surface area contributed by atoms with Crippen LogP contribution in [-0.4, -0.2) is 25.9 Å². The quantitative estimate of drug-likeness (QED) is 0.114. The molecular formula is C26H19N5O6S2. The molecule has 5 aromatic carbocycles. The Bertz CT molecular complexity index is 2030. The average molecular weight is 562 g/mol. The molecule has 11 nitrogen and oxygen atoms in total. The van der Waals surface area contributed by atoms with Gasteiger partial charge < -0.3 is 5.73 Å². The number of hydrogen-bond acceptors (Lipinski definition) is 9. The molecule has 5 aromatic rings. The van der Waals surface area contributed by atoms with Gasteiger partial charge in [0.15, 0.2) is 0 Å². The summed E-state index contributed by atoms with van der Waals surface area (Å²) < 4.78 is 65.7. The van der Waals surface area contributed by atoms with Gasteiger partial charge in [-0.3, -0.25) is 9.11 Å². The Balaban J connectivity index is 1.64. The van der Waals surface area contributed by atoms with Crippen molar-refractivity contribution < 1.29 is 25.9 Å². The van der Waals surface area contributed by atoms with Gasteiger partial charge in [-0.2, -0.15) is 21.9 Å². The van der Waals surface area contributed by atoms with Gasteiger partial charge in [0, 0.05) is 27.2 Å². The van der Waals surface area contributed by atoms with E-state index in [1.165, 1.54) is 42.5 Å². The van der Waals surface area contributed by atoms with Crippen LogP contribution < -0.4 is 5.73 Å². The van der Waals surface area contributed by atoms with Crippen LogP contribution in [0.3, 0.4) is 0 Å². The minimum atomic E-state index is -4.51. The molecule has 0 radical (unpaired) electrons. The number of hydrogen-bond donors (Lipinski definition) is 3. The minimum Gasteiger partial charge on any atom is -0.398 e. The zero-order chi connectivity index (χ0) is 27.8. The maximum atomic E-state index is 11.8. The Morgan fingerprint density at radius 2 is 0.974 bits per heavy atom. The molecule has 0 aliphatic heterocycles. The van der Waals surface area contributed by atoms with Gasteiger partial charge >= 0.3 is 0 Å². The number of azo groups is 2. The molecule has 0 bridgehead atoms. The molecule has 0 atom stereocenters. The van der Waals surface area contributed by atoms with Gasteiger partial charge in [0.25, 0.3) is 20.2 Å². The third kappa shape index (κ3) is 5.51. The molecule has 196 valence electrons. The number of fused-ring (bicyclic) bond motifs is 2. The highest BCUT2D eigenvalue weighted by Crippen LogP contribution is 2.38. The Morgan fingerprint density at radius 3 is 1.54 bits per heavy atom. The van der Waals surface area contributed by atoms with Crippen LogP contribution in [0, 0.1) is 0 Å². The van der Waals surface area contributed by atoms with Crippen molar-refractivity contribution in [1.29, 1.82) is 0 Å². The smallest absolute Gasteiger partial charge is 0.294 e. The van der Waals surface area contributed by atoms with Crippen LogP contribution in [0.2, 0.25) is 0 Å². The first-order valence-electron chi connectivity index (χ1n) is 11.2. The highest BCUT2D eigenvalue weighted by Gasteiger charge is 2.15.